The van der Waals surface area contributed by atoms with Crippen LogP contribution in [-0.2, 0) is 0 Å². The van der Waals surface area contributed by atoms with Gasteiger partial charge in [0, 0.05) is 5.56 Å². The van der Waals surface area contributed by atoms with Crippen LogP contribution in [0.25, 0.3) is 16.9 Å². The Morgan fingerprint density at radius 3 is 2.05 bits per heavy atom. The standard InChI is InChI=1S/C17H14N2O2/c1-12-15(13-8-4-2-5-9-13)18-17(21)19(16(12)20)14-10-6-3-7-11-14/h2-11H,1H3,(H,18,21). The van der Waals surface area contributed by atoms with Crippen molar-refractivity contribution in [2.75, 3.05) is 0 Å². The van der Waals surface area contributed by atoms with Crippen molar-refractivity contribution in [1.29, 1.82) is 0 Å². The fourth-order valence-electron chi connectivity index (χ4n) is 2.33. The van der Waals surface area contributed by atoms with Crippen LogP contribution in [0.4, 0.5) is 0 Å². The van der Waals surface area contributed by atoms with Crippen molar-refractivity contribution in [3.8, 4) is 16.9 Å². The molecule has 4 heteroatoms. The number of hydrogen-bond donors (Lipinski definition) is 1. The Kier molecular flexibility index (Phi) is 3.28. The van der Waals surface area contributed by atoms with Gasteiger partial charge in [-0.25, -0.2) is 9.36 Å². The minimum atomic E-state index is -0.435. The second kappa shape index (κ2) is 5.25. The number of rotatable bonds is 2. The topological polar surface area (TPSA) is 54.9 Å². The molecule has 0 fully saturated rings. The van der Waals surface area contributed by atoms with E-state index in [0.717, 1.165) is 10.1 Å². The van der Waals surface area contributed by atoms with E-state index >= 15 is 0 Å². The van der Waals surface area contributed by atoms with Crippen molar-refractivity contribution in [2.45, 2.75) is 6.92 Å². The normalized spacial score (nSPS) is 10.5. The van der Waals surface area contributed by atoms with Crippen LogP contribution in [0.2, 0.25) is 0 Å². The molecule has 0 amide bonds. The Hall–Kier alpha value is -2.88. The minimum Gasteiger partial charge on any atom is -0.306 e. The molecule has 0 bridgehead atoms. The van der Waals surface area contributed by atoms with Crippen LogP contribution in [0.1, 0.15) is 5.56 Å². The minimum absolute atomic E-state index is 0.302. The predicted molar refractivity (Wildman–Crippen MR) is 82.8 cm³/mol. The highest BCUT2D eigenvalue weighted by molar-refractivity contribution is 5.62. The lowest BCUT2D eigenvalue weighted by atomic mass is 10.1. The molecule has 104 valence electrons. The highest BCUT2D eigenvalue weighted by atomic mass is 16.2. The van der Waals surface area contributed by atoms with E-state index in [1.807, 2.05) is 36.4 Å². The first-order valence-corrected chi connectivity index (χ1v) is 6.65. The molecule has 2 aromatic carbocycles. The summed E-state index contributed by atoms with van der Waals surface area (Å²) >= 11 is 0. The third-order valence-corrected chi connectivity index (χ3v) is 3.41. The van der Waals surface area contributed by atoms with E-state index in [-0.39, 0.29) is 5.56 Å². The van der Waals surface area contributed by atoms with E-state index in [9.17, 15) is 9.59 Å². The van der Waals surface area contributed by atoms with Crippen LogP contribution in [0.5, 0.6) is 0 Å². The highest BCUT2D eigenvalue weighted by Crippen LogP contribution is 2.17. The summed E-state index contributed by atoms with van der Waals surface area (Å²) in [5.41, 5.74) is 1.73. The first-order chi connectivity index (χ1) is 10.2. The average molecular weight is 278 g/mol. The fraction of sp³-hybridized carbons (Fsp3) is 0.0588. The lowest BCUT2D eigenvalue weighted by Gasteiger charge is -2.10. The molecule has 1 heterocycles. The number of aromatic nitrogens is 2. The van der Waals surface area contributed by atoms with Gasteiger partial charge in [0.1, 0.15) is 0 Å². The summed E-state index contributed by atoms with van der Waals surface area (Å²) in [6.07, 6.45) is 0. The van der Waals surface area contributed by atoms with Crippen molar-refractivity contribution in [3.05, 3.63) is 87.1 Å². The summed E-state index contributed by atoms with van der Waals surface area (Å²) < 4.78 is 1.15. The summed E-state index contributed by atoms with van der Waals surface area (Å²) in [5, 5.41) is 0. The van der Waals surface area contributed by atoms with Gasteiger partial charge in [-0.15, -0.1) is 0 Å². The molecule has 0 spiro atoms. The monoisotopic (exact) mass is 278 g/mol. The molecular formula is C17H14N2O2. The molecule has 3 rings (SSSR count). The van der Waals surface area contributed by atoms with Gasteiger partial charge in [0.15, 0.2) is 0 Å². The van der Waals surface area contributed by atoms with E-state index in [1.165, 1.54) is 0 Å². The molecule has 1 aromatic heterocycles. The van der Waals surface area contributed by atoms with Gasteiger partial charge in [0.25, 0.3) is 5.56 Å². The Bertz CT molecular complexity index is 878. The number of nitrogens with zero attached hydrogens (tertiary/aromatic N) is 1. The van der Waals surface area contributed by atoms with E-state index < -0.39 is 5.69 Å². The van der Waals surface area contributed by atoms with Crippen molar-refractivity contribution in [3.63, 3.8) is 0 Å². The number of benzene rings is 2. The van der Waals surface area contributed by atoms with Crippen molar-refractivity contribution < 1.29 is 0 Å². The first kappa shape index (κ1) is 13.1. The first-order valence-electron chi connectivity index (χ1n) is 6.65. The van der Waals surface area contributed by atoms with Gasteiger partial charge in [-0.05, 0) is 24.6 Å². The summed E-state index contributed by atoms with van der Waals surface area (Å²) in [5.74, 6) is 0. The van der Waals surface area contributed by atoms with Crippen LogP contribution < -0.4 is 11.2 Å². The van der Waals surface area contributed by atoms with Crippen molar-refractivity contribution >= 4 is 0 Å². The molecule has 4 nitrogen and oxygen atoms in total. The van der Waals surface area contributed by atoms with Gasteiger partial charge >= 0.3 is 5.69 Å². The number of nitrogens with one attached hydrogen (secondary N) is 1. The summed E-state index contributed by atoms with van der Waals surface area (Å²) in [6.45, 7) is 1.72. The van der Waals surface area contributed by atoms with Crippen LogP contribution in [-0.4, -0.2) is 9.55 Å². The molecule has 3 aromatic rings. The second-order valence-corrected chi connectivity index (χ2v) is 4.77. The molecule has 0 unspecified atom stereocenters. The van der Waals surface area contributed by atoms with Crippen LogP contribution in [0.3, 0.4) is 0 Å². The van der Waals surface area contributed by atoms with Crippen LogP contribution >= 0.6 is 0 Å². The maximum Gasteiger partial charge on any atom is 0.333 e. The molecule has 1 N–H and O–H groups in total. The van der Waals surface area contributed by atoms with E-state index in [1.54, 1.807) is 31.2 Å². The van der Waals surface area contributed by atoms with Crippen molar-refractivity contribution in [2.24, 2.45) is 0 Å². The number of para-hydroxylation sites is 1. The lowest BCUT2D eigenvalue weighted by molar-refractivity contribution is 0.864. The highest BCUT2D eigenvalue weighted by Gasteiger charge is 2.12. The third kappa shape index (κ3) is 2.31. The van der Waals surface area contributed by atoms with Gasteiger partial charge < -0.3 is 4.98 Å². The van der Waals surface area contributed by atoms with Gasteiger partial charge in [-0.2, -0.15) is 0 Å². The summed E-state index contributed by atoms with van der Waals surface area (Å²) in [7, 11) is 0. The zero-order valence-corrected chi connectivity index (χ0v) is 11.5. The molecular weight excluding hydrogens is 264 g/mol. The maximum absolute atomic E-state index is 12.5. The lowest BCUT2D eigenvalue weighted by Crippen LogP contribution is -2.35. The Balaban J connectivity index is 2.27. The molecule has 21 heavy (non-hydrogen) atoms. The number of aromatic amines is 1. The quantitative estimate of drug-likeness (QED) is 0.783. The maximum atomic E-state index is 12.5. The Morgan fingerprint density at radius 1 is 0.857 bits per heavy atom. The Labute approximate surface area is 121 Å². The summed E-state index contributed by atoms with van der Waals surface area (Å²) in [4.78, 5) is 27.6. The Morgan fingerprint density at radius 2 is 1.43 bits per heavy atom. The molecule has 0 aliphatic carbocycles. The molecule has 0 atom stereocenters. The predicted octanol–water partition coefficient (Wildman–Crippen LogP) is 2.50. The SMILES string of the molecule is Cc1c(-c2ccccc2)[nH]c(=O)n(-c2ccccc2)c1=O. The van der Waals surface area contributed by atoms with E-state index in [2.05, 4.69) is 4.98 Å². The van der Waals surface area contributed by atoms with Gasteiger partial charge in [0.05, 0.1) is 11.4 Å². The molecule has 0 saturated heterocycles. The molecule has 0 radical (unpaired) electrons. The van der Waals surface area contributed by atoms with Gasteiger partial charge in [-0.3, -0.25) is 4.79 Å². The average Bonchev–Trinajstić information content (AvgIpc) is 2.53. The smallest absolute Gasteiger partial charge is 0.306 e. The van der Waals surface area contributed by atoms with Gasteiger partial charge in [-0.1, -0.05) is 48.5 Å². The van der Waals surface area contributed by atoms with E-state index in [4.69, 9.17) is 0 Å². The third-order valence-electron chi connectivity index (χ3n) is 3.41. The van der Waals surface area contributed by atoms with Crippen molar-refractivity contribution in [1.82, 2.24) is 9.55 Å². The largest absolute Gasteiger partial charge is 0.333 e. The van der Waals surface area contributed by atoms with Crippen LogP contribution in [0, 0.1) is 6.92 Å². The molecule has 0 aliphatic rings. The molecule has 0 aliphatic heterocycles. The zero-order valence-electron chi connectivity index (χ0n) is 11.5. The number of H-pyrrole nitrogens is 1. The second-order valence-electron chi connectivity index (χ2n) is 4.77. The number of hydrogen-bond acceptors (Lipinski definition) is 2. The van der Waals surface area contributed by atoms with Gasteiger partial charge in [0.2, 0.25) is 0 Å². The molecule has 0 saturated carbocycles. The fourth-order valence-corrected chi connectivity index (χ4v) is 2.33. The van der Waals surface area contributed by atoms with Crippen LogP contribution in [0.15, 0.2) is 70.3 Å². The zero-order chi connectivity index (χ0) is 14.8. The van der Waals surface area contributed by atoms with E-state index in [0.29, 0.717) is 16.9 Å². The summed E-state index contributed by atoms with van der Waals surface area (Å²) in [6, 6.07) is 18.3.